The van der Waals surface area contributed by atoms with Crippen LogP contribution < -0.4 is 0 Å². The van der Waals surface area contributed by atoms with Crippen molar-refractivity contribution in [3.63, 3.8) is 0 Å². The van der Waals surface area contributed by atoms with Crippen LogP contribution in [0.2, 0.25) is 0 Å². The second-order valence-electron chi connectivity index (χ2n) is 14.5. The van der Waals surface area contributed by atoms with E-state index in [1.165, 1.54) is 13.0 Å². The van der Waals surface area contributed by atoms with E-state index in [1.54, 1.807) is 26.8 Å². The summed E-state index contributed by atoms with van der Waals surface area (Å²) in [6.07, 6.45) is 1.05. The van der Waals surface area contributed by atoms with Crippen LogP contribution in [0.15, 0.2) is 35.5 Å². The second kappa shape index (κ2) is 9.73. The van der Waals surface area contributed by atoms with Crippen LogP contribution in [0.3, 0.4) is 0 Å². The van der Waals surface area contributed by atoms with Gasteiger partial charge in [0.25, 0.3) is 0 Å². The summed E-state index contributed by atoms with van der Waals surface area (Å²) in [5.74, 6) is -2.72. The Hall–Kier alpha value is -2.53. The summed E-state index contributed by atoms with van der Waals surface area (Å²) >= 11 is 0. The molecule has 10 nitrogen and oxygen atoms in total. The SMILES string of the molecule is C=C1C[C@]23C[C@H](OC(C)=O)[C@]4(O)[C@@]5(C)C[C@H](O)C[C@]46C([C@H]2[C@H]1[C@@H](OC(=O)/C(C)=C/C)[C@@H](OC(=O)/C(C)=C/CO)[C@H]36)N(C)C5. The Kier molecular flexibility index (Phi) is 6.90. The zero-order valence-corrected chi connectivity index (χ0v) is 26.0. The molecule has 5 saturated carbocycles. The number of hydrogen-bond acceptors (Lipinski definition) is 10. The van der Waals surface area contributed by atoms with Crippen molar-refractivity contribution in [2.75, 3.05) is 20.2 Å². The maximum absolute atomic E-state index is 13.6. The molecule has 0 aromatic heterocycles. The molecular weight excluding hydrogens is 554 g/mol. The Balaban J connectivity index is 1.62. The van der Waals surface area contributed by atoms with Gasteiger partial charge in [-0.05, 0) is 70.9 Å². The highest BCUT2D eigenvalue weighted by Gasteiger charge is 2.91. The van der Waals surface area contributed by atoms with Crippen molar-refractivity contribution in [1.29, 1.82) is 0 Å². The van der Waals surface area contributed by atoms with Crippen LogP contribution in [0.4, 0.5) is 0 Å². The molecule has 10 heteroatoms. The highest BCUT2D eigenvalue weighted by molar-refractivity contribution is 5.89. The number of esters is 3. The molecule has 2 spiro atoms. The van der Waals surface area contributed by atoms with Gasteiger partial charge in [0, 0.05) is 53.3 Å². The van der Waals surface area contributed by atoms with Crippen molar-refractivity contribution in [3.8, 4) is 0 Å². The Morgan fingerprint density at radius 2 is 1.70 bits per heavy atom. The number of ether oxygens (including phenoxy) is 3. The summed E-state index contributed by atoms with van der Waals surface area (Å²) in [6, 6.07) is -0.280. The Morgan fingerprint density at radius 1 is 1.05 bits per heavy atom. The van der Waals surface area contributed by atoms with Gasteiger partial charge >= 0.3 is 17.9 Å². The van der Waals surface area contributed by atoms with Crippen molar-refractivity contribution in [2.24, 2.45) is 34.0 Å². The number of carbonyl (C=O) groups is 3. The third kappa shape index (κ3) is 3.64. The third-order valence-corrected chi connectivity index (χ3v) is 12.4. The molecular formula is C33H45NO9. The van der Waals surface area contributed by atoms with Gasteiger partial charge in [-0.1, -0.05) is 25.2 Å². The quantitative estimate of drug-likeness (QED) is 0.180. The Labute approximate surface area is 252 Å². The van der Waals surface area contributed by atoms with Crippen LogP contribution in [0, 0.1) is 34.0 Å². The fourth-order valence-corrected chi connectivity index (χ4v) is 11.5. The fraction of sp³-hybridized carbons (Fsp3) is 0.727. The summed E-state index contributed by atoms with van der Waals surface area (Å²) in [5.41, 5.74) is -2.52. The third-order valence-electron chi connectivity index (χ3n) is 12.4. The van der Waals surface area contributed by atoms with Crippen molar-refractivity contribution < 1.29 is 43.9 Å². The van der Waals surface area contributed by atoms with E-state index in [0.717, 1.165) is 5.57 Å². The first-order chi connectivity index (χ1) is 20.1. The maximum Gasteiger partial charge on any atom is 0.333 e. The molecule has 236 valence electrons. The molecule has 6 rings (SSSR count). The second-order valence-corrected chi connectivity index (χ2v) is 14.5. The number of allylic oxidation sites excluding steroid dienone is 1. The standard InChI is InChI=1S/C33H45NO9/c1-8-16(2)28(38)42-24-22-18(4)11-31-14-21(41-19(5)36)33(40)30(6)12-20(37)13-32(33,27(23(22)31)34(7)15-30)26(31)25(24)43-29(39)17(3)9-10-35/h8-9,20-27,35,37,40H,4,10-15H2,1-3,5-7H3/b16-8+,17-9+/t20-,21-,22-,23+,24+,25+,26+,27?,30-,31-,32-,33-/m0/s1. The molecule has 0 aromatic rings. The lowest BCUT2D eigenvalue weighted by Gasteiger charge is -2.72. The molecule has 1 unspecified atom stereocenters. The van der Waals surface area contributed by atoms with Crippen LogP contribution in [0.1, 0.15) is 60.3 Å². The fourth-order valence-electron chi connectivity index (χ4n) is 11.5. The molecule has 0 radical (unpaired) electrons. The number of aliphatic hydroxyl groups is 3. The topological polar surface area (TPSA) is 143 Å². The molecule has 6 fully saturated rings. The molecule has 5 aliphatic carbocycles. The van der Waals surface area contributed by atoms with Crippen LogP contribution in [0.25, 0.3) is 0 Å². The number of nitrogens with zero attached hydrogens (tertiary/aromatic N) is 1. The van der Waals surface area contributed by atoms with Crippen molar-refractivity contribution in [1.82, 2.24) is 4.90 Å². The zero-order valence-electron chi connectivity index (χ0n) is 26.0. The van der Waals surface area contributed by atoms with Crippen molar-refractivity contribution >= 4 is 17.9 Å². The molecule has 1 saturated heterocycles. The highest BCUT2D eigenvalue weighted by atomic mass is 16.6. The molecule has 3 N–H and O–H groups in total. The Morgan fingerprint density at radius 3 is 2.33 bits per heavy atom. The van der Waals surface area contributed by atoms with E-state index in [2.05, 4.69) is 11.5 Å². The van der Waals surface area contributed by atoms with Gasteiger partial charge in [0.05, 0.1) is 12.7 Å². The predicted octanol–water partition coefficient (Wildman–Crippen LogP) is 2.06. The summed E-state index contributed by atoms with van der Waals surface area (Å²) in [7, 11) is 2.04. The van der Waals surface area contributed by atoms with Crippen molar-refractivity contribution in [2.45, 2.75) is 96.4 Å². The van der Waals surface area contributed by atoms with E-state index in [0.29, 0.717) is 31.4 Å². The zero-order chi connectivity index (χ0) is 31.4. The minimum absolute atomic E-state index is 0.148. The number of aliphatic hydroxyl groups excluding tert-OH is 2. The van der Waals surface area contributed by atoms with Gasteiger partial charge in [-0.2, -0.15) is 0 Å². The Bertz CT molecular complexity index is 1340. The largest absolute Gasteiger partial charge is 0.459 e. The molecule has 1 heterocycles. The summed E-state index contributed by atoms with van der Waals surface area (Å²) in [6.45, 7) is 12.9. The number of hydrogen-bond donors (Lipinski definition) is 3. The van der Waals surface area contributed by atoms with Crippen LogP contribution >= 0.6 is 0 Å². The van der Waals surface area contributed by atoms with Gasteiger partial charge < -0.3 is 34.4 Å². The average Bonchev–Trinajstić information content (AvgIpc) is 3.19. The van der Waals surface area contributed by atoms with E-state index in [4.69, 9.17) is 14.2 Å². The minimum Gasteiger partial charge on any atom is -0.459 e. The van der Waals surface area contributed by atoms with E-state index >= 15 is 0 Å². The molecule has 12 atom stereocenters. The highest BCUT2D eigenvalue weighted by Crippen LogP contribution is 2.85. The number of rotatable bonds is 6. The van der Waals surface area contributed by atoms with E-state index in [1.807, 2.05) is 14.0 Å². The number of carbonyl (C=O) groups excluding carboxylic acids is 3. The smallest absolute Gasteiger partial charge is 0.333 e. The number of piperidine rings is 1. The molecule has 0 aromatic carbocycles. The van der Waals surface area contributed by atoms with Gasteiger partial charge in [0.15, 0.2) is 0 Å². The molecule has 6 bridgehead atoms. The van der Waals surface area contributed by atoms with Gasteiger partial charge in [-0.3, -0.25) is 4.79 Å². The van der Waals surface area contributed by atoms with Gasteiger partial charge in [0.2, 0.25) is 0 Å². The predicted molar refractivity (Wildman–Crippen MR) is 154 cm³/mol. The lowest BCUT2D eigenvalue weighted by Crippen LogP contribution is -2.82. The summed E-state index contributed by atoms with van der Waals surface area (Å²) < 4.78 is 18.7. The lowest BCUT2D eigenvalue weighted by molar-refractivity contribution is -0.343. The first-order valence-electron chi connectivity index (χ1n) is 15.4. The summed E-state index contributed by atoms with van der Waals surface area (Å²) in [5, 5.41) is 34.3. The maximum atomic E-state index is 13.6. The monoisotopic (exact) mass is 599 g/mol. The first kappa shape index (κ1) is 30.5. The van der Waals surface area contributed by atoms with Gasteiger partial charge in [0.1, 0.15) is 23.9 Å². The molecule has 1 aliphatic heterocycles. The minimum atomic E-state index is -1.55. The van der Waals surface area contributed by atoms with E-state index < -0.39 is 70.1 Å². The van der Waals surface area contributed by atoms with Gasteiger partial charge in [-0.15, -0.1) is 0 Å². The number of likely N-dealkylation sites (tertiary alicyclic amines) is 1. The normalized spacial score (nSPS) is 48.2. The van der Waals surface area contributed by atoms with E-state index in [9.17, 15) is 29.7 Å². The molecule has 43 heavy (non-hydrogen) atoms. The molecule has 0 amide bonds. The van der Waals surface area contributed by atoms with Crippen LogP contribution in [0.5, 0.6) is 0 Å². The summed E-state index contributed by atoms with van der Waals surface area (Å²) in [4.78, 5) is 41.7. The molecule has 6 aliphatic rings. The first-order valence-corrected chi connectivity index (χ1v) is 15.4. The van der Waals surface area contributed by atoms with Crippen LogP contribution in [-0.2, 0) is 28.6 Å². The van der Waals surface area contributed by atoms with Crippen molar-refractivity contribution in [3.05, 3.63) is 35.5 Å². The van der Waals surface area contributed by atoms with Crippen LogP contribution in [-0.4, -0.2) is 94.4 Å². The van der Waals surface area contributed by atoms with Gasteiger partial charge in [-0.25, -0.2) is 9.59 Å². The van der Waals surface area contributed by atoms with E-state index in [-0.39, 0.29) is 36.5 Å². The average molecular weight is 600 g/mol. The lowest BCUT2D eigenvalue weighted by atomic mass is 9.38.